The zero-order valence-electron chi connectivity index (χ0n) is 9.51. The highest BCUT2D eigenvalue weighted by molar-refractivity contribution is 5.30. The Morgan fingerprint density at radius 2 is 2.20 bits per heavy atom. The Hall–Kier alpha value is -1.09. The van der Waals surface area contributed by atoms with E-state index in [0.29, 0.717) is 17.9 Å². The van der Waals surface area contributed by atoms with Crippen molar-refractivity contribution < 1.29 is 9.13 Å². The second-order valence-electron chi connectivity index (χ2n) is 3.59. The Morgan fingerprint density at radius 3 is 2.80 bits per heavy atom. The second kappa shape index (κ2) is 5.71. The monoisotopic (exact) mass is 211 g/mol. The van der Waals surface area contributed by atoms with E-state index in [1.165, 1.54) is 0 Å². The minimum Gasteiger partial charge on any atom is -0.489 e. The molecule has 3 heteroatoms. The summed E-state index contributed by atoms with van der Waals surface area (Å²) in [5.74, 6) is 0.0761. The van der Waals surface area contributed by atoms with Crippen molar-refractivity contribution in [2.24, 2.45) is 0 Å². The summed E-state index contributed by atoms with van der Waals surface area (Å²) in [7, 11) is 1.88. The van der Waals surface area contributed by atoms with E-state index in [9.17, 15) is 4.39 Å². The van der Waals surface area contributed by atoms with Crippen LogP contribution in [0.4, 0.5) is 4.39 Å². The van der Waals surface area contributed by atoms with Gasteiger partial charge in [-0.2, -0.15) is 0 Å². The predicted octanol–water partition coefficient (Wildman–Crippen LogP) is 2.51. The number of nitrogens with one attached hydrogen (secondary N) is 1. The molecule has 0 radical (unpaired) electrons. The summed E-state index contributed by atoms with van der Waals surface area (Å²) in [6.07, 6.45) is 0.962. The molecule has 0 aliphatic carbocycles. The molecule has 2 nitrogen and oxygen atoms in total. The molecule has 0 saturated heterocycles. The fraction of sp³-hybridized carbons (Fsp3) is 0.500. The van der Waals surface area contributed by atoms with E-state index in [1.807, 2.05) is 7.05 Å². The van der Waals surface area contributed by atoms with Crippen molar-refractivity contribution in [1.82, 2.24) is 5.32 Å². The van der Waals surface area contributed by atoms with E-state index in [0.717, 1.165) is 6.42 Å². The van der Waals surface area contributed by atoms with Gasteiger partial charge in [-0.15, -0.1) is 0 Å². The molecule has 1 aromatic rings. The van der Waals surface area contributed by atoms with Gasteiger partial charge < -0.3 is 10.1 Å². The average Bonchev–Trinajstić information content (AvgIpc) is 2.25. The number of aryl methyl sites for hydroxylation is 1. The van der Waals surface area contributed by atoms with Crippen LogP contribution in [0.1, 0.15) is 18.9 Å². The van der Waals surface area contributed by atoms with Gasteiger partial charge in [0.1, 0.15) is 6.61 Å². The lowest BCUT2D eigenvalue weighted by molar-refractivity contribution is 0.256. The molecule has 1 unspecified atom stereocenters. The molecule has 0 fully saturated rings. The molecule has 0 heterocycles. The maximum absolute atomic E-state index is 13.5. The molecular weight excluding hydrogens is 193 g/mol. The molecule has 0 amide bonds. The summed E-state index contributed by atoms with van der Waals surface area (Å²) >= 11 is 0. The standard InChI is InChI=1S/C12H18FNO/c1-4-10(14-3)8-15-11-7-5-6-9(2)12(11)13/h5-7,10,14H,4,8H2,1-3H3. The number of likely N-dealkylation sites (N-methyl/N-ethyl adjacent to an activating group) is 1. The average molecular weight is 211 g/mol. The lowest BCUT2D eigenvalue weighted by atomic mass is 10.2. The topological polar surface area (TPSA) is 21.3 Å². The maximum atomic E-state index is 13.5. The zero-order valence-corrected chi connectivity index (χ0v) is 9.51. The van der Waals surface area contributed by atoms with Gasteiger partial charge in [-0.05, 0) is 32.0 Å². The van der Waals surface area contributed by atoms with Crippen molar-refractivity contribution in [2.45, 2.75) is 26.3 Å². The predicted molar refractivity (Wildman–Crippen MR) is 59.8 cm³/mol. The van der Waals surface area contributed by atoms with Crippen molar-refractivity contribution in [3.63, 3.8) is 0 Å². The first-order chi connectivity index (χ1) is 7.19. The molecule has 15 heavy (non-hydrogen) atoms. The number of benzene rings is 1. The molecule has 84 valence electrons. The highest BCUT2D eigenvalue weighted by atomic mass is 19.1. The van der Waals surface area contributed by atoms with Crippen LogP contribution in [-0.2, 0) is 0 Å². The van der Waals surface area contributed by atoms with Crippen molar-refractivity contribution in [2.75, 3.05) is 13.7 Å². The van der Waals surface area contributed by atoms with Gasteiger partial charge >= 0.3 is 0 Å². The smallest absolute Gasteiger partial charge is 0.167 e. The summed E-state index contributed by atoms with van der Waals surface area (Å²) in [6.45, 7) is 4.29. The van der Waals surface area contributed by atoms with Crippen LogP contribution in [0.5, 0.6) is 5.75 Å². The van der Waals surface area contributed by atoms with E-state index in [4.69, 9.17) is 4.74 Å². The molecule has 0 aliphatic rings. The number of halogens is 1. The van der Waals surface area contributed by atoms with Crippen LogP contribution in [0.2, 0.25) is 0 Å². The molecule has 0 aromatic heterocycles. The number of hydrogen-bond donors (Lipinski definition) is 1. The normalized spacial score (nSPS) is 12.5. The Balaban J connectivity index is 2.61. The third-order valence-corrected chi connectivity index (χ3v) is 2.50. The molecule has 1 rings (SSSR count). The van der Waals surface area contributed by atoms with Gasteiger partial charge in [0.25, 0.3) is 0 Å². The molecule has 1 atom stereocenters. The van der Waals surface area contributed by atoms with Crippen molar-refractivity contribution in [1.29, 1.82) is 0 Å². The number of ether oxygens (including phenoxy) is 1. The third-order valence-electron chi connectivity index (χ3n) is 2.50. The maximum Gasteiger partial charge on any atom is 0.167 e. The van der Waals surface area contributed by atoms with Gasteiger partial charge in [0.15, 0.2) is 11.6 Å². The lowest BCUT2D eigenvalue weighted by Gasteiger charge is -2.15. The SMILES string of the molecule is CCC(COc1cccc(C)c1F)NC. The summed E-state index contributed by atoms with van der Waals surface area (Å²) in [5, 5.41) is 3.11. The Kier molecular flexibility index (Phi) is 4.56. The first kappa shape index (κ1) is 12.0. The Labute approximate surface area is 90.4 Å². The highest BCUT2D eigenvalue weighted by Crippen LogP contribution is 2.19. The second-order valence-corrected chi connectivity index (χ2v) is 3.59. The van der Waals surface area contributed by atoms with Gasteiger partial charge in [0.2, 0.25) is 0 Å². The number of hydrogen-bond acceptors (Lipinski definition) is 2. The Morgan fingerprint density at radius 1 is 1.47 bits per heavy atom. The summed E-state index contributed by atoms with van der Waals surface area (Å²) in [6, 6.07) is 5.46. The quantitative estimate of drug-likeness (QED) is 0.808. The third kappa shape index (κ3) is 3.20. The molecule has 1 aromatic carbocycles. The van der Waals surface area contributed by atoms with Crippen LogP contribution in [0.3, 0.4) is 0 Å². The van der Waals surface area contributed by atoms with Crippen molar-refractivity contribution >= 4 is 0 Å². The molecule has 0 bridgehead atoms. The van der Waals surface area contributed by atoms with Crippen LogP contribution < -0.4 is 10.1 Å². The van der Waals surface area contributed by atoms with Gasteiger partial charge in [0, 0.05) is 6.04 Å². The molecule has 1 N–H and O–H groups in total. The van der Waals surface area contributed by atoms with E-state index in [-0.39, 0.29) is 11.9 Å². The summed E-state index contributed by atoms with van der Waals surface area (Å²) < 4.78 is 18.9. The van der Waals surface area contributed by atoms with E-state index in [1.54, 1.807) is 25.1 Å². The van der Waals surface area contributed by atoms with Gasteiger partial charge in [0.05, 0.1) is 0 Å². The van der Waals surface area contributed by atoms with Crippen LogP contribution in [0, 0.1) is 12.7 Å². The molecule has 0 saturated carbocycles. The van der Waals surface area contributed by atoms with Crippen molar-refractivity contribution in [3.8, 4) is 5.75 Å². The van der Waals surface area contributed by atoms with E-state index < -0.39 is 0 Å². The summed E-state index contributed by atoms with van der Waals surface area (Å²) in [5.41, 5.74) is 0.616. The van der Waals surface area contributed by atoms with Gasteiger partial charge in [-0.3, -0.25) is 0 Å². The van der Waals surface area contributed by atoms with Gasteiger partial charge in [-0.25, -0.2) is 4.39 Å². The fourth-order valence-electron chi connectivity index (χ4n) is 1.33. The van der Waals surface area contributed by atoms with Crippen LogP contribution in [-0.4, -0.2) is 19.7 Å². The fourth-order valence-corrected chi connectivity index (χ4v) is 1.33. The zero-order chi connectivity index (χ0) is 11.3. The van der Waals surface area contributed by atoms with Crippen LogP contribution in [0.25, 0.3) is 0 Å². The van der Waals surface area contributed by atoms with E-state index >= 15 is 0 Å². The molecular formula is C12H18FNO. The minimum absolute atomic E-state index is 0.261. The summed E-state index contributed by atoms with van der Waals surface area (Å²) in [4.78, 5) is 0. The van der Waals surface area contributed by atoms with E-state index in [2.05, 4.69) is 12.2 Å². The van der Waals surface area contributed by atoms with Crippen LogP contribution >= 0.6 is 0 Å². The molecule has 0 spiro atoms. The number of rotatable bonds is 5. The van der Waals surface area contributed by atoms with Gasteiger partial charge in [-0.1, -0.05) is 19.1 Å². The van der Waals surface area contributed by atoms with Crippen molar-refractivity contribution in [3.05, 3.63) is 29.6 Å². The first-order valence-corrected chi connectivity index (χ1v) is 5.24. The van der Waals surface area contributed by atoms with Crippen LogP contribution in [0.15, 0.2) is 18.2 Å². The molecule has 0 aliphatic heterocycles. The lowest BCUT2D eigenvalue weighted by Crippen LogP contribution is -2.30. The Bertz CT molecular complexity index is 310. The largest absolute Gasteiger partial charge is 0.489 e. The first-order valence-electron chi connectivity index (χ1n) is 5.24. The highest BCUT2D eigenvalue weighted by Gasteiger charge is 2.08. The minimum atomic E-state index is -0.261.